The maximum absolute atomic E-state index is 14.5. The molecule has 18 heteroatoms. The first-order valence-corrected chi connectivity index (χ1v) is 40.1. The molecule has 0 spiro atoms. The van der Waals surface area contributed by atoms with Gasteiger partial charge in [-0.05, 0) is 224 Å². The van der Waals surface area contributed by atoms with Gasteiger partial charge in [0.15, 0.2) is 11.6 Å². The van der Waals surface area contributed by atoms with Crippen molar-refractivity contribution in [3.8, 4) is 33.8 Å². The van der Waals surface area contributed by atoms with Gasteiger partial charge in [0.25, 0.3) is 0 Å². The summed E-state index contributed by atoms with van der Waals surface area (Å²) >= 11 is 5.45. The number of fused-ring (bicyclic) bond motifs is 4. The molecule has 0 fully saturated rings. The third kappa shape index (κ3) is 22.4. The van der Waals surface area contributed by atoms with Gasteiger partial charge in [0.2, 0.25) is 0 Å². The summed E-state index contributed by atoms with van der Waals surface area (Å²) < 4.78 is 120. The number of phenolic OH excluding ortho intramolecular Hbond substituents is 2. The molecule has 0 saturated heterocycles. The van der Waals surface area contributed by atoms with Crippen LogP contribution in [0, 0.1) is 58.6 Å². The number of nitrogens with zero attached hydrogens (tertiary/aromatic N) is 4. The van der Waals surface area contributed by atoms with Crippen LogP contribution in [0.25, 0.3) is 22.3 Å². The Labute approximate surface area is 631 Å². The average molecular weight is 1700 g/mol. The number of hydrogen-bond acceptors (Lipinski definition) is 4. The minimum Gasteiger partial charge on any atom is -0.665 e. The largest absolute Gasteiger partial charge is 0.665 e. The van der Waals surface area contributed by atoms with E-state index < -0.39 is 65.1 Å². The van der Waals surface area contributed by atoms with Crippen LogP contribution in [0.4, 0.5) is 46.5 Å². The summed E-state index contributed by atoms with van der Waals surface area (Å²) in [6, 6.07) is 36.4. The summed E-state index contributed by atoms with van der Waals surface area (Å²) in [5, 5.41) is 21.5. The van der Waals surface area contributed by atoms with Gasteiger partial charge < -0.3 is 20.2 Å². The Morgan fingerprint density at radius 3 is 1.16 bits per heavy atom. The van der Waals surface area contributed by atoms with Gasteiger partial charge in [-0.3, -0.25) is 0 Å². The van der Waals surface area contributed by atoms with E-state index in [9.17, 15) is 45.3 Å². The first kappa shape index (κ1) is 83.1. The minimum absolute atomic E-state index is 0. The van der Waals surface area contributed by atoms with E-state index in [1.807, 2.05) is 107 Å². The normalized spacial score (nSPS) is 13.7. The molecule has 4 aliphatic carbocycles. The molecular weight excluding hydrogens is 1600 g/mol. The molecule has 0 atom stereocenters. The molecule has 0 bridgehead atoms. The number of phenols is 2. The molecule has 7 aromatic carbocycles. The Kier molecular flexibility index (Phi) is 30.3. The zero-order valence-corrected chi connectivity index (χ0v) is 66.6. The molecule has 0 aliphatic heterocycles. The fraction of sp³-hybridized carbons (Fsp3) is 0.381. The topological polar surface area (TPSA) is 93.4 Å². The first-order valence-electron chi connectivity index (χ1n) is 34.4. The fourth-order valence-electron chi connectivity index (χ4n) is 13.1. The second-order valence-corrected chi connectivity index (χ2v) is 32.6. The minimum atomic E-state index is -4.36. The van der Waals surface area contributed by atoms with Crippen molar-refractivity contribution in [1.82, 2.24) is 9.97 Å². The van der Waals surface area contributed by atoms with E-state index in [2.05, 4.69) is 86.1 Å². The summed E-state index contributed by atoms with van der Waals surface area (Å²) in [6.07, 6.45) is 8.34. The van der Waals surface area contributed by atoms with Gasteiger partial charge in [-0.25, -0.2) is 8.78 Å². The Bertz CT molecular complexity index is 4140. The third-order valence-corrected chi connectivity index (χ3v) is 24.8. The maximum atomic E-state index is 14.5. The Morgan fingerprint density at radius 2 is 0.755 bits per heavy atom. The molecule has 2 heterocycles. The quantitative estimate of drug-likeness (QED) is 0.128. The molecule has 2 aromatic heterocycles. The fourth-order valence-corrected chi connectivity index (χ4v) is 17.4. The third-order valence-electron chi connectivity index (χ3n) is 18.2. The Balaban J connectivity index is 0.000000179. The maximum Gasteiger partial charge on any atom is 0.165 e. The molecule has 0 unspecified atom stereocenters. The average Bonchev–Trinajstić information content (AvgIpc) is 0.858. The van der Waals surface area contributed by atoms with E-state index in [0.717, 1.165) is 155 Å². The van der Waals surface area contributed by atoms with Gasteiger partial charge >= 0.3 is 243 Å². The van der Waals surface area contributed by atoms with Gasteiger partial charge in [0, 0.05) is 15.6 Å². The molecule has 2 N–H and O–H groups in total. The zero-order valence-electron chi connectivity index (χ0n) is 59.4. The van der Waals surface area contributed by atoms with Gasteiger partial charge in [0.05, 0.1) is 4.47 Å². The number of alkyl halides is 6. The van der Waals surface area contributed by atoms with Gasteiger partial charge in [-0.15, -0.1) is 0 Å². The Morgan fingerprint density at radius 1 is 0.412 bits per heavy atom. The SMILES string of the molecule is C.CC(C)(C)[CH]=[Mo]=[N]c1ccccc1C(F)(F)F.CC(C)([CH]=[Mo]=[N]c1ccccc1C(F)(F)F)c1ccccc1.Cc1c(Br)cc2c(c1-c1c(O)c(Br)cc3c1CCCC3)CCCC2.Cc1c(F)cc2c(c1-c1c(O)c(F)cc3c1CCCC3)CCCC2.Cc1ccc(C)[n-]1.Cc1ccc(C)[n-]1. The molecule has 9 aromatic rings. The number of aryl methyl sites for hydroxylation is 8. The molecule has 0 radical (unpaired) electrons. The molecule has 6 nitrogen and oxygen atoms in total. The summed E-state index contributed by atoms with van der Waals surface area (Å²) in [4.78, 5) is 8.22. The summed E-state index contributed by atoms with van der Waals surface area (Å²) in [7, 11) is 0. The second-order valence-electron chi connectivity index (χ2n) is 27.8. The van der Waals surface area contributed by atoms with Crippen LogP contribution in [-0.4, -0.2) is 19.0 Å². The Hall–Kier alpha value is -6.18. The van der Waals surface area contributed by atoms with Gasteiger partial charge in [0.1, 0.15) is 11.6 Å². The molecule has 13 rings (SSSR count). The van der Waals surface area contributed by atoms with Crippen molar-refractivity contribution in [3.63, 3.8) is 0 Å². The van der Waals surface area contributed by atoms with Crippen LogP contribution in [0.15, 0.2) is 143 Å². The predicted octanol–water partition coefficient (Wildman–Crippen LogP) is 25.0. The van der Waals surface area contributed by atoms with Crippen molar-refractivity contribution in [2.75, 3.05) is 0 Å². The van der Waals surface area contributed by atoms with Crippen molar-refractivity contribution in [2.24, 2.45) is 12.4 Å². The van der Waals surface area contributed by atoms with Crippen molar-refractivity contribution in [2.45, 2.75) is 204 Å². The first-order chi connectivity index (χ1) is 47.7. The molecular formula is C84H94Br2F8Mo2N4O2-2. The van der Waals surface area contributed by atoms with E-state index in [1.54, 1.807) is 25.1 Å². The number of aromatic hydroxyl groups is 2. The van der Waals surface area contributed by atoms with Crippen LogP contribution in [0.3, 0.4) is 0 Å². The van der Waals surface area contributed by atoms with Crippen molar-refractivity contribution in [3.05, 3.63) is 243 Å². The van der Waals surface area contributed by atoms with Crippen LogP contribution in [0.5, 0.6) is 11.5 Å². The number of hydrogen-bond donors (Lipinski definition) is 2. The van der Waals surface area contributed by atoms with Crippen molar-refractivity contribution < 1.29 is 81.2 Å². The number of benzene rings is 7. The van der Waals surface area contributed by atoms with Crippen molar-refractivity contribution >= 4 is 52.0 Å². The van der Waals surface area contributed by atoms with Crippen LogP contribution >= 0.6 is 31.9 Å². The van der Waals surface area contributed by atoms with E-state index in [-0.39, 0.29) is 41.2 Å². The predicted molar refractivity (Wildman–Crippen MR) is 402 cm³/mol. The molecule has 102 heavy (non-hydrogen) atoms. The smallest absolute Gasteiger partial charge is 0.165 e. The molecule has 4 aliphatic rings. The monoisotopic (exact) mass is 1700 g/mol. The van der Waals surface area contributed by atoms with Gasteiger partial charge in [-0.1, -0.05) is 75.3 Å². The zero-order chi connectivity index (χ0) is 73.6. The van der Waals surface area contributed by atoms with E-state index in [1.165, 1.54) is 93.9 Å². The number of halogens is 10. The van der Waals surface area contributed by atoms with Crippen LogP contribution in [0.2, 0.25) is 0 Å². The number of rotatable bonds is 6. The molecule has 0 amide bonds. The molecule has 0 saturated carbocycles. The summed E-state index contributed by atoms with van der Waals surface area (Å²) in [6.45, 7) is 22.1. The van der Waals surface area contributed by atoms with Crippen LogP contribution < -0.4 is 9.97 Å². The molecule has 546 valence electrons. The van der Waals surface area contributed by atoms with E-state index in [4.69, 9.17) is 0 Å². The summed E-state index contributed by atoms with van der Waals surface area (Å²) in [5.74, 6) is -0.723. The van der Waals surface area contributed by atoms with Crippen molar-refractivity contribution in [1.29, 1.82) is 0 Å². The van der Waals surface area contributed by atoms with E-state index in [0.29, 0.717) is 16.9 Å². The number of aromatic nitrogens is 2. The van der Waals surface area contributed by atoms with E-state index >= 15 is 0 Å². The summed E-state index contributed by atoms with van der Waals surface area (Å²) in [5.41, 5.74) is 19.5. The second kappa shape index (κ2) is 37.2. The van der Waals surface area contributed by atoms with Crippen LogP contribution in [-0.2, 0) is 105 Å². The standard InChI is InChI=1S/C21H22Br2O.C21H22F2O.C10H12.2C7H4F3N.2C6H8N.C5H10.CH4.2Mo/c2*1-12-17(22)10-13-6-2-4-8-15(13)19(12)20-16-9-5-3-7-14(16)11-18(23)21(20)24;1-10(2,3)9-7-5-4-6-8-9;2*8-7(9,10)5-3-1-2-4-6(5)11;2*1-5-3-4-6(2)7-5;1-5(2,3)4;;;/h2*10-11,24H,2-9H2,1H3;1,4-8H,2-3H3;2*1-4H;2*3-4H,1-2H3;1H,2-4H3;1H4;;/q;;;;;2*-1;;;;. The van der Waals surface area contributed by atoms with Crippen LogP contribution in [0.1, 0.15) is 189 Å². The van der Waals surface area contributed by atoms with Gasteiger partial charge in [-0.2, -0.15) is 22.8 Å².